The number of carbonyl (C=O) groups is 1. The van der Waals surface area contributed by atoms with Gasteiger partial charge in [0.25, 0.3) is 0 Å². The Kier molecular flexibility index (Phi) is 6.43. The lowest BCUT2D eigenvalue weighted by atomic mass is 10.1. The van der Waals surface area contributed by atoms with Crippen molar-refractivity contribution in [2.24, 2.45) is 0 Å². The second-order valence-electron chi connectivity index (χ2n) is 6.60. The summed E-state index contributed by atoms with van der Waals surface area (Å²) in [5.74, 6) is 0.654. The van der Waals surface area contributed by atoms with E-state index in [4.69, 9.17) is 0 Å². The number of amides is 1. The summed E-state index contributed by atoms with van der Waals surface area (Å²) in [5.41, 5.74) is -1.12. The first-order valence-electron chi connectivity index (χ1n) is 9.03. The van der Waals surface area contributed by atoms with E-state index in [0.717, 1.165) is 49.3 Å². The Morgan fingerprint density at radius 2 is 2.00 bits per heavy atom. The number of nitrogens with zero attached hydrogens (tertiary/aromatic N) is 3. The highest BCUT2D eigenvalue weighted by atomic mass is 32.2. The first-order valence-corrected chi connectivity index (χ1v) is 10.0. The molecular formula is C19H21F3N4OS. The Morgan fingerprint density at radius 1 is 1.29 bits per heavy atom. The van der Waals surface area contributed by atoms with Gasteiger partial charge in [-0.25, -0.2) is 0 Å². The molecule has 0 aliphatic heterocycles. The summed E-state index contributed by atoms with van der Waals surface area (Å²) in [6.45, 7) is 4.28. The maximum atomic E-state index is 13.1. The summed E-state index contributed by atoms with van der Waals surface area (Å²) in [5, 5.41) is 11.4. The Balaban J connectivity index is 1.68. The van der Waals surface area contributed by atoms with Crippen molar-refractivity contribution in [3.05, 3.63) is 48.3 Å². The minimum absolute atomic E-state index is 0.0634. The fourth-order valence-corrected chi connectivity index (χ4v) is 4.10. The Labute approximate surface area is 165 Å². The highest BCUT2D eigenvalue weighted by Crippen LogP contribution is 2.36. The van der Waals surface area contributed by atoms with Crippen molar-refractivity contribution >= 4 is 23.4 Å². The Bertz CT molecular complexity index is 844. The molecule has 28 heavy (non-hydrogen) atoms. The van der Waals surface area contributed by atoms with Crippen LogP contribution in [0.15, 0.2) is 42.1 Å². The number of aromatic nitrogens is 3. The molecule has 1 N–H and O–H groups in total. The van der Waals surface area contributed by atoms with Crippen molar-refractivity contribution in [1.82, 2.24) is 14.8 Å². The van der Waals surface area contributed by atoms with Gasteiger partial charge in [0.2, 0.25) is 5.91 Å². The normalized spacial score (nSPS) is 15.0. The number of anilines is 1. The number of nitrogens with one attached hydrogen (secondary N) is 1. The minimum Gasteiger partial charge on any atom is -0.325 e. The number of halogens is 3. The molecule has 9 heteroatoms. The van der Waals surface area contributed by atoms with Gasteiger partial charge in [-0.15, -0.1) is 16.8 Å². The minimum atomic E-state index is -4.53. The standard InChI is InChI=1S/C19H21F3N4OS/c1-2-11-26-17(13-7-3-4-8-13)24-25-18(26)28-12-16(27)23-15-10-6-5-9-14(15)19(20,21)22/h2,5-6,9-10,13H,1,3-4,7-8,11-12H2,(H,23,27). The van der Waals surface area contributed by atoms with Crippen molar-refractivity contribution in [2.75, 3.05) is 11.1 Å². The molecule has 1 aromatic heterocycles. The van der Waals surface area contributed by atoms with Crippen LogP contribution in [-0.2, 0) is 17.5 Å². The molecule has 0 atom stereocenters. The number of para-hydroxylation sites is 1. The quantitative estimate of drug-likeness (QED) is 0.523. The third-order valence-electron chi connectivity index (χ3n) is 4.62. The van der Waals surface area contributed by atoms with Crippen LogP contribution in [0.2, 0.25) is 0 Å². The zero-order valence-corrected chi connectivity index (χ0v) is 16.0. The molecule has 0 spiro atoms. The smallest absolute Gasteiger partial charge is 0.325 e. The van der Waals surface area contributed by atoms with E-state index in [1.807, 2.05) is 4.57 Å². The number of allylic oxidation sites excluding steroid dienone is 1. The first kappa shape index (κ1) is 20.4. The van der Waals surface area contributed by atoms with Gasteiger partial charge >= 0.3 is 6.18 Å². The molecule has 2 aromatic rings. The van der Waals surface area contributed by atoms with Crippen LogP contribution in [0.5, 0.6) is 0 Å². The van der Waals surface area contributed by atoms with Gasteiger partial charge in [0.15, 0.2) is 5.16 Å². The summed E-state index contributed by atoms with van der Waals surface area (Å²) in [4.78, 5) is 12.2. The molecule has 0 unspecified atom stereocenters. The van der Waals surface area contributed by atoms with Gasteiger partial charge in [-0.2, -0.15) is 13.2 Å². The molecule has 0 radical (unpaired) electrons. The molecule has 0 saturated heterocycles. The van der Waals surface area contributed by atoms with E-state index in [0.29, 0.717) is 17.6 Å². The van der Waals surface area contributed by atoms with Crippen LogP contribution < -0.4 is 5.32 Å². The van der Waals surface area contributed by atoms with E-state index in [1.165, 1.54) is 18.2 Å². The van der Waals surface area contributed by atoms with E-state index >= 15 is 0 Å². The molecule has 1 aromatic carbocycles. The van der Waals surface area contributed by atoms with Crippen molar-refractivity contribution in [1.29, 1.82) is 0 Å². The predicted molar refractivity (Wildman–Crippen MR) is 102 cm³/mol. The zero-order valence-electron chi connectivity index (χ0n) is 15.2. The molecule has 150 valence electrons. The topological polar surface area (TPSA) is 59.8 Å². The summed E-state index contributed by atoms with van der Waals surface area (Å²) < 4.78 is 41.1. The van der Waals surface area contributed by atoms with Gasteiger partial charge < -0.3 is 9.88 Å². The zero-order chi connectivity index (χ0) is 20.1. The van der Waals surface area contributed by atoms with Crippen LogP contribution in [0.25, 0.3) is 0 Å². The largest absolute Gasteiger partial charge is 0.418 e. The molecular weight excluding hydrogens is 389 g/mol. The van der Waals surface area contributed by atoms with E-state index < -0.39 is 17.6 Å². The van der Waals surface area contributed by atoms with Gasteiger partial charge in [0, 0.05) is 12.5 Å². The molecule has 1 aliphatic carbocycles. The number of hydrogen-bond acceptors (Lipinski definition) is 4. The number of rotatable bonds is 7. The Hall–Kier alpha value is -2.29. The highest BCUT2D eigenvalue weighted by molar-refractivity contribution is 7.99. The van der Waals surface area contributed by atoms with Crippen molar-refractivity contribution in [2.45, 2.75) is 49.5 Å². The van der Waals surface area contributed by atoms with Crippen LogP contribution in [0.1, 0.15) is 43.0 Å². The predicted octanol–water partition coefficient (Wildman–Crippen LogP) is 4.87. The van der Waals surface area contributed by atoms with Crippen molar-refractivity contribution < 1.29 is 18.0 Å². The van der Waals surface area contributed by atoms with Gasteiger partial charge in [-0.05, 0) is 25.0 Å². The molecule has 1 fully saturated rings. The van der Waals surface area contributed by atoms with Gasteiger partial charge in [-0.3, -0.25) is 4.79 Å². The van der Waals surface area contributed by atoms with E-state index in [9.17, 15) is 18.0 Å². The third-order valence-corrected chi connectivity index (χ3v) is 5.58. The number of thioether (sulfide) groups is 1. The van der Waals surface area contributed by atoms with Crippen LogP contribution >= 0.6 is 11.8 Å². The Morgan fingerprint density at radius 3 is 2.68 bits per heavy atom. The molecule has 1 amide bonds. The monoisotopic (exact) mass is 410 g/mol. The SMILES string of the molecule is C=CCn1c(SCC(=O)Nc2ccccc2C(F)(F)F)nnc1C1CCCC1. The molecule has 1 saturated carbocycles. The fourth-order valence-electron chi connectivity index (χ4n) is 3.35. The molecule has 3 rings (SSSR count). The van der Waals surface area contributed by atoms with Crippen LogP contribution in [0, 0.1) is 0 Å². The molecule has 1 aliphatic rings. The number of hydrogen-bond donors (Lipinski definition) is 1. The summed E-state index contributed by atoms with van der Waals surface area (Å²) >= 11 is 1.16. The average molecular weight is 410 g/mol. The van der Waals surface area contributed by atoms with Gasteiger partial charge in [0.1, 0.15) is 5.82 Å². The maximum absolute atomic E-state index is 13.1. The van der Waals surface area contributed by atoms with E-state index in [-0.39, 0.29) is 11.4 Å². The second kappa shape index (κ2) is 8.81. The maximum Gasteiger partial charge on any atom is 0.418 e. The summed E-state index contributed by atoms with van der Waals surface area (Å²) in [6, 6.07) is 4.92. The van der Waals surface area contributed by atoms with Crippen LogP contribution in [-0.4, -0.2) is 26.4 Å². The van der Waals surface area contributed by atoms with Gasteiger partial charge in [0.05, 0.1) is 17.0 Å². The van der Waals surface area contributed by atoms with Crippen molar-refractivity contribution in [3.8, 4) is 0 Å². The first-order chi connectivity index (χ1) is 13.4. The molecule has 5 nitrogen and oxygen atoms in total. The van der Waals surface area contributed by atoms with Crippen molar-refractivity contribution in [3.63, 3.8) is 0 Å². The fraction of sp³-hybridized carbons (Fsp3) is 0.421. The van der Waals surface area contributed by atoms with Gasteiger partial charge in [-0.1, -0.05) is 42.8 Å². The summed E-state index contributed by atoms with van der Waals surface area (Å²) in [6.07, 6.45) is 1.66. The lowest BCUT2D eigenvalue weighted by Gasteiger charge is -2.14. The number of alkyl halides is 3. The second-order valence-corrected chi connectivity index (χ2v) is 7.54. The third kappa shape index (κ3) is 4.76. The molecule has 0 bridgehead atoms. The summed E-state index contributed by atoms with van der Waals surface area (Å²) in [7, 11) is 0. The highest BCUT2D eigenvalue weighted by Gasteiger charge is 2.33. The average Bonchev–Trinajstić information content (AvgIpc) is 3.29. The molecule has 1 heterocycles. The lowest BCUT2D eigenvalue weighted by molar-refractivity contribution is -0.137. The van der Waals surface area contributed by atoms with Crippen LogP contribution in [0.3, 0.4) is 0 Å². The number of carbonyl (C=O) groups excluding carboxylic acids is 1. The van der Waals surface area contributed by atoms with E-state index in [2.05, 4.69) is 22.1 Å². The van der Waals surface area contributed by atoms with E-state index in [1.54, 1.807) is 6.08 Å². The van der Waals surface area contributed by atoms with Crippen LogP contribution in [0.4, 0.5) is 18.9 Å². The number of benzene rings is 1. The lowest BCUT2D eigenvalue weighted by Crippen LogP contribution is -2.18.